The maximum atomic E-state index is 12.4. The molecule has 5 rings (SSSR count). The molecule has 1 aliphatic rings. The van der Waals surface area contributed by atoms with E-state index in [1.807, 2.05) is 40.7 Å². The number of ether oxygens (including phenoxy) is 1. The number of hydrogen-bond donors (Lipinski definition) is 2. The zero-order valence-electron chi connectivity index (χ0n) is 18.6. The highest BCUT2D eigenvalue weighted by molar-refractivity contribution is 7.09. The number of likely N-dealkylation sites (tertiary alicyclic amines) is 1. The Hall–Kier alpha value is -3.30. The van der Waals surface area contributed by atoms with Crippen molar-refractivity contribution < 1.29 is 9.53 Å². The molecule has 9 heteroatoms. The average Bonchev–Trinajstić information content (AvgIpc) is 3.54. The lowest BCUT2D eigenvalue weighted by molar-refractivity contribution is -0.133. The van der Waals surface area contributed by atoms with Crippen LogP contribution in [-0.4, -0.2) is 50.4 Å². The topological polar surface area (TPSA) is 96.0 Å². The molecular weight excluding hydrogens is 436 g/mol. The van der Waals surface area contributed by atoms with Gasteiger partial charge in [-0.25, -0.2) is 15.0 Å². The van der Waals surface area contributed by atoms with Crippen molar-refractivity contribution in [2.45, 2.75) is 38.4 Å². The summed E-state index contributed by atoms with van der Waals surface area (Å²) >= 11 is 1.64. The van der Waals surface area contributed by atoms with E-state index in [2.05, 4.69) is 31.3 Å². The van der Waals surface area contributed by atoms with Crippen LogP contribution < -0.4 is 10.1 Å². The van der Waals surface area contributed by atoms with Gasteiger partial charge in [0.1, 0.15) is 10.8 Å². The van der Waals surface area contributed by atoms with Crippen molar-refractivity contribution in [2.24, 2.45) is 0 Å². The molecule has 0 radical (unpaired) electrons. The number of nitrogens with one attached hydrogen (secondary N) is 2. The van der Waals surface area contributed by atoms with Gasteiger partial charge >= 0.3 is 0 Å². The molecule has 170 valence electrons. The lowest BCUT2D eigenvalue weighted by Crippen LogP contribution is -2.46. The summed E-state index contributed by atoms with van der Waals surface area (Å²) in [6.07, 6.45) is 5.31. The van der Waals surface area contributed by atoms with Crippen LogP contribution in [0, 0.1) is 0 Å². The Morgan fingerprint density at radius 1 is 1.33 bits per heavy atom. The molecule has 1 fully saturated rings. The quantitative estimate of drug-likeness (QED) is 0.451. The van der Waals surface area contributed by atoms with Crippen molar-refractivity contribution in [3.05, 3.63) is 58.9 Å². The minimum atomic E-state index is -0.127. The highest BCUT2D eigenvalue weighted by Gasteiger charge is 2.33. The number of rotatable bonds is 6. The molecule has 1 aliphatic heterocycles. The molecule has 4 heterocycles. The molecule has 1 aromatic carbocycles. The normalized spacial score (nSPS) is 18.5. The number of H-pyrrole nitrogens is 1. The molecule has 33 heavy (non-hydrogen) atoms. The summed E-state index contributed by atoms with van der Waals surface area (Å²) < 4.78 is 5.57. The van der Waals surface area contributed by atoms with Gasteiger partial charge in [-0.05, 0) is 25.0 Å². The number of piperidine rings is 1. The van der Waals surface area contributed by atoms with Gasteiger partial charge in [0.2, 0.25) is 11.8 Å². The SMILES string of the molecule is COc1nc2ccccc2cc1-c1cnc([C@@H]2C[C@@H](NCc3nccs3)CCN2C(C)=O)[nH]1. The number of pyridine rings is 1. The summed E-state index contributed by atoms with van der Waals surface area (Å²) in [6.45, 7) is 3.04. The number of para-hydroxylation sites is 1. The van der Waals surface area contributed by atoms with Crippen molar-refractivity contribution in [1.82, 2.24) is 30.2 Å². The molecule has 0 aliphatic carbocycles. The van der Waals surface area contributed by atoms with Crippen molar-refractivity contribution in [1.29, 1.82) is 0 Å². The number of imidazole rings is 1. The number of thiazole rings is 1. The number of aromatic nitrogens is 4. The molecular formula is C24H26N6O2S. The zero-order chi connectivity index (χ0) is 22.8. The lowest BCUT2D eigenvalue weighted by Gasteiger charge is -2.38. The number of nitrogens with zero attached hydrogens (tertiary/aromatic N) is 4. The van der Waals surface area contributed by atoms with Crippen molar-refractivity contribution in [3.8, 4) is 17.1 Å². The molecule has 0 unspecified atom stereocenters. The third-order valence-electron chi connectivity index (χ3n) is 6.12. The summed E-state index contributed by atoms with van der Waals surface area (Å²) in [5.41, 5.74) is 2.54. The molecule has 1 saturated heterocycles. The van der Waals surface area contributed by atoms with Gasteiger partial charge in [-0.15, -0.1) is 11.3 Å². The van der Waals surface area contributed by atoms with Crippen LogP contribution in [0.1, 0.15) is 36.6 Å². The number of methoxy groups -OCH3 is 1. The third kappa shape index (κ3) is 4.46. The summed E-state index contributed by atoms with van der Waals surface area (Å²) in [5, 5.41) is 7.68. The van der Waals surface area contributed by atoms with Gasteiger partial charge < -0.3 is 19.9 Å². The molecule has 2 N–H and O–H groups in total. The minimum Gasteiger partial charge on any atom is -0.480 e. The van der Waals surface area contributed by atoms with Crippen LogP contribution in [-0.2, 0) is 11.3 Å². The summed E-state index contributed by atoms with van der Waals surface area (Å²) in [7, 11) is 1.62. The Balaban J connectivity index is 1.41. The maximum Gasteiger partial charge on any atom is 0.223 e. The molecule has 0 saturated carbocycles. The number of carbonyl (C=O) groups is 1. The first-order valence-electron chi connectivity index (χ1n) is 11.0. The molecule has 3 aromatic heterocycles. The van der Waals surface area contributed by atoms with Crippen LogP contribution in [0.5, 0.6) is 5.88 Å². The van der Waals surface area contributed by atoms with Gasteiger partial charge in [-0.1, -0.05) is 18.2 Å². The first-order valence-corrected chi connectivity index (χ1v) is 11.9. The predicted molar refractivity (Wildman–Crippen MR) is 128 cm³/mol. The summed E-state index contributed by atoms with van der Waals surface area (Å²) in [6, 6.07) is 10.1. The van der Waals surface area contributed by atoms with Crippen LogP contribution in [0.4, 0.5) is 0 Å². The van der Waals surface area contributed by atoms with Crippen molar-refractivity contribution in [3.63, 3.8) is 0 Å². The molecule has 4 aromatic rings. The smallest absolute Gasteiger partial charge is 0.223 e. The van der Waals surface area contributed by atoms with E-state index in [4.69, 9.17) is 4.74 Å². The third-order valence-corrected chi connectivity index (χ3v) is 6.90. The summed E-state index contributed by atoms with van der Waals surface area (Å²) in [5.74, 6) is 1.37. The number of carbonyl (C=O) groups excluding carboxylic acids is 1. The van der Waals surface area contributed by atoms with Gasteiger partial charge in [0.15, 0.2) is 0 Å². The average molecular weight is 463 g/mol. The van der Waals surface area contributed by atoms with E-state index in [1.165, 1.54) is 0 Å². The monoisotopic (exact) mass is 462 g/mol. The van der Waals surface area contributed by atoms with Crippen LogP contribution in [0.3, 0.4) is 0 Å². The highest BCUT2D eigenvalue weighted by atomic mass is 32.1. The molecule has 8 nitrogen and oxygen atoms in total. The first-order chi connectivity index (χ1) is 16.1. The Morgan fingerprint density at radius 2 is 2.21 bits per heavy atom. The Morgan fingerprint density at radius 3 is 3.00 bits per heavy atom. The largest absolute Gasteiger partial charge is 0.480 e. The van der Waals surface area contributed by atoms with E-state index < -0.39 is 0 Å². The van der Waals surface area contributed by atoms with E-state index in [0.29, 0.717) is 12.4 Å². The predicted octanol–water partition coefficient (Wildman–Crippen LogP) is 3.93. The van der Waals surface area contributed by atoms with E-state index >= 15 is 0 Å². The van der Waals surface area contributed by atoms with Gasteiger partial charge in [-0.3, -0.25) is 4.79 Å². The van der Waals surface area contributed by atoms with Gasteiger partial charge in [-0.2, -0.15) is 0 Å². The van der Waals surface area contributed by atoms with Crippen molar-refractivity contribution in [2.75, 3.05) is 13.7 Å². The Kier molecular flexibility index (Phi) is 6.06. The highest BCUT2D eigenvalue weighted by Crippen LogP contribution is 2.34. The van der Waals surface area contributed by atoms with E-state index in [1.54, 1.807) is 31.6 Å². The fourth-order valence-corrected chi connectivity index (χ4v) is 5.02. The Bertz CT molecular complexity index is 1260. The minimum absolute atomic E-state index is 0.0567. The number of fused-ring (bicyclic) bond motifs is 1. The first kappa shape index (κ1) is 21.5. The molecule has 1 amide bonds. The number of amides is 1. The molecule has 2 atom stereocenters. The van der Waals surface area contributed by atoms with Crippen LogP contribution in [0.15, 0.2) is 48.1 Å². The van der Waals surface area contributed by atoms with E-state index in [-0.39, 0.29) is 18.0 Å². The van der Waals surface area contributed by atoms with Crippen LogP contribution in [0.25, 0.3) is 22.2 Å². The van der Waals surface area contributed by atoms with E-state index in [0.717, 1.165) is 52.4 Å². The number of benzene rings is 1. The van der Waals surface area contributed by atoms with Crippen molar-refractivity contribution >= 4 is 28.1 Å². The van der Waals surface area contributed by atoms with Gasteiger partial charge in [0.25, 0.3) is 0 Å². The van der Waals surface area contributed by atoms with Gasteiger partial charge in [0.05, 0.1) is 36.1 Å². The van der Waals surface area contributed by atoms with Gasteiger partial charge in [0, 0.05) is 43.0 Å². The maximum absolute atomic E-state index is 12.4. The van der Waals surface area contributed by atoms with E-state index in [9.17, 15) is 4.79 Å². The zero-order valence-corrected chi connectivity index (χ0v) is 19.4. The fraction of sp³-hybridized carbons (Fsp3) is 0.333. The molecule has 0 bridgehead atoms. The second-order valence-electron chi connectivity index (χ2n) is 8.18. The summed E-state index contributed by atoms with van der Waals surface area (Å²) in [4.78, 5) is 31.4. The standard InChI is InChI=1S/C24H26N6O2S/c1-15(31)30-9-7-17(26-14-22-25-8-10-33-22)12-21(30)23-27-13-20(28-23)18-11-16-5-3-4-6-19(16)29-24(18)32-2/h3-6,8,10-11,13,17,21,26H,7,9,12,14H2,1-2H3,(H,27,28)/t17-,21-/m0/s1. The van der Waals surface area contributed by atoms with Crippen LogP contribution >= 0.6 is 11.3 Å². The number of hydrogen-bond acceptors (Lipinski definition) is 7. The second kappa shape index (κ2) is 9.29. The molecule has 0 spiro atoms. The number of aromatic amines is 1. The lowest BCUT2D eigenvalue weighted by atomic mass is 9.96. The second-order valence-corrected chi connectivity index (χ2v) is 9.16. The van der Waals surface area contributed by atoms with Crippen LogP contribution in [0.2, 0.25) is 0 Å². The fourth-order valence-electron chi connectivity index (χ4n) is 4.45. The Labute approximate surface area is 196 Å².